The lowest BCUT2D eigenvalue weighted by Crippen LogP contribution is -2.36. The Morgan fingerprint density at radius 2 is 1.71 bits per heavy atom. The van der Waals surface area contributed by atoms with Gasteiger partial charge in [0, 0.05) is 18.7 Å². The van der Waals surface area contributed by atoms with Crippen LogP contribution in [0.5, 0.6) is 0 Å². The molecule has 6 heteroatoms. The number of nitrogens with one attached hydrogen (secondary N) is 1. The molecule has 6 nitrogen and oxygen atoms in total. The summed E-state index contributed by atoms with van der Waals surface area (Å²) in [6.45, 7) is 14.3. The Bertz CT molecular complexity index is 395. The third-order valence-electron chi connectivity index (χ3n) is 1.93. The van der Waals surface area contributed by atoms with E-state index in [1.807, 2.05) is 41.5 Å². The van der Waals surface area contributed by atoms with Crippen molar-refractivity contribution in [1.29, 1.82) is 0 Å². The molecule has 0 fully saturated rings. The summed E-state index contributed by atoms with van der Waals surface area (Å²) in [4.78, 5) is 21.8. The number of carbonyl (C=O) groups excluding carboxylic acids is 2. The number of hydrogen-bond acceptors (Lipinski definition) is 6. The summed E-state index contributed by atoms with van der Waals surface area (Å²) in [5.41, 5.74) is 1.86. The van der Waals surface area contributed by atoms with Crippen molar-refractivity contribution >= 4 is 18.2 Å². The van der Waals surface area contributed by atoms with E-state index in [2.05, 4.69) is 17.1 Å². The first-order valence-electron chi connectivity index (χ1n) is 6.80. The minimum atomic E-state index is -0.415. The molecule has 1 unspecified atom stereocenters. The monoisotopic (exact) mass is 298 g/mol. The van der Waals surface area contributed by atoms with Gasteiger partial charge in [-0.05, 0) is 41.5 Å². The molecule has 0 saturated heterocycles. The molecule has 1 rings (SSSR count). The third kappa shape index (κ3) is 10.6. The van der Waals surface area contributed by atoms with Crippen molar-refractivity contribution in [3.63, 3.8) is 0 Å². The second-order valence-electron chi connectivity index (χ2n) is 6.50. The van der Waals surface area contributed by atoms with Gasteiger partial charge in [-0.1, -0.05) is 6.58 Å². The fraction of sp³-hybridized carbons (Fsp3) is 0.667. The summed E-state index contributed by atoms with van der Waals surface area (Å²) < 4.78 is 9.97. The molecule has 0 bridgehead atoms. The van der Waals surface area contributed by atoms with Crippen LogP contribution >= 0.6 is 0 Å². The van der Waals surface area contributed by atoms with Crippen LogP contribution in [0.1, 0.15) is 48.0 Å². The van der Waals surface area contributed by atoms with Crippen LogP contribution in [-0.2, 0) is 19.1 Å². The smallest absolute Gasteiger partial charge is 0.331 e. The van der Waals surface area contributed by atoms with Gasteiger partial charge in [0.05, 0.1) is 0 Å². The molecule has 0 aromatic rings. The standard InChI is InChI=1S/C8H14N2O2.C7H12O2/c1-8(2,3)12-7(11)6-4-5-9-10-6;1-5-6(8)9-7(2,3)4/h5-6,10H,4H2,1-3H3;5H,1H2,2-4H3. The zero-order chi connectivity index (χ0) is 16.7. The van der Waals surface area contributed by atoms with Gasteiger partial charge in [-0.25, -0.2) is 9.59 Å². The molecule has 0 radical (unpaired) electrons. The number of esters is 2. The molecule has 1 N–H and O–H groups in total. The Morgan fingerprint density at radius 3 is 2.00 bits per heavy atom. The Balaban J connectivity index is 0.000000400. The molecule has 1 heterocycles. The molecule has 21 heavy (non-hydrogen) atoms. The molecular weight excluding hydrogens is 272 g/mol. The summed E-state index contributed by atoms with van der Waals surface area (Å²) in [7, 11) is 0. The molecular formula is C15H26N2O4. The van der Waals surface area contributed by atoms with E-state index < -0.39 is 11.2 Å². The van der Waals surface area contributed by atoms with Crippen LogP contribution in [0, 0.1) is 0 Å². The van der Waals surface area contributed by atoms with Gasteiger partial charge in [0.15, 0.2) is 0 Å². The zero-order valence-electron chi connectivity index (χ0n) is 13.7. The van der Waals surface area contributed by atoms with E-state index in [1.54, 1.807) is 6.21 Å². The highest BCUT2D eigenvalue weighted by Crippen LogP contribution is 2.10. The lowest BCUT2D eigenvalue weighted by molar-refractivity contribution is -0.157. The lowest BCUT2D eigenvalue weighted by atomic mass is 10.2. The molecule has 0 aromatic heterocycles. The topological polar surface area (TPSA) is 77.0 Å². The molecule has 0 saturated carbocycles. The second kappa shape index (κ2) is 7.81. The average Bonchev–Trinajstić information content (AvgIpc) is 2.78. The first-order valence-corrected chi connectivity index (χ1v) is 6.80. The number of rotatable bonds is 2. The van der Waals surface area contributed by atoms with E-state index in [-0.39, 0.29) is 18.0 Å². The van der Waals surface area contributed by atoms with Crippen LogP contribution in [0.25, 0.3) is 0 Å². The summed E-state index contributed by atoms with van der Waals surface area (Å²) in [5, 5.41) is 3.74. The van der Waals surface area contributed by atoms with Gasteiger partial charge in [-0.3, -0.25) is 5.43 Å². The van der Waals surface area contributed by atoms with Gasteiger partial charge in [0.2, 0.25) is 0 Å². The van der Waals surface area contributed by atoms with Crippen molar-refractivity contribution in [3.05, 3.63) is 12.7 Å². The van der Waals surface area contributed by atoms with Gasteiger partial charge in [0.25, 0.3) is 0 Å². The van der Waals surface area contributed by atoms with Crippen LogP contribution in [0.3, 0.4) is 0 Å². The van der Waals surface area contributed by atoms with Gasteiger partial charge < -0.3 is 9.47 Å². The first-order chi connectivity index (χ1) is 9.44. The summed E-state index contributed by atoms with van der Waals surface area (Å²) >= 11 is 0. The molecule has 0 spiro atoms. The summed E-state index contributed by atoms with van der Waals surface area (Å²) in [6.07, 6.45) is 3.45. The Hall–Kier alpha value is -1.85. The zero-order valence-corrected chi connectivity index (χ0v) is 13.7. The van der Waals surface area contributed by atoms with Crippen molar-refractivity contribution in [2.75, 3.05) is 0 Å². The van der Waals surface area contributed by atoms with E-state index in [1.165, 1.54) is 0 Å². The van der Waals surface area contributed by atoms with Crippen molar-refractivity contribution in [2.45, 2.75) is 65.2 Å². The predicted molar refractivity (Wildman–Crippen MR) is 81.9 cm³/mol. The fourth-order valence-corrected chi connectivity index (χ4v) is 1.22. The number of carbonyl (C=O) groups is 2. The second-order valence-corrected chi connectivity index (χ2v) is 6.50. The highest BCUT2D eigenvalue weighted by molar-refractivity contribution is 5.82. The summed E-state index contributed by atoms with van der Waals surface area (Å²) in [6, 6.07) is -0.288. The number of hydrogen-bond donors (Lipinski definition) is 1. The Kier molecular flexibility index (Phi) is 7.12. The molecule has 0 aromatic carbocycles. The van der Waals surface area contributed by atoms with Gasteiger partial charge >= 0.3 is 11.9 Å². The number of ether oxygens (including phenoxy) is 2. The van der Waals surface area contributed by atoms with Crippen LogP contribution in [0.4, 0.5) is 0 Å². The van der Waals surface area contributed by atoms with Crippen molar-refractivity contribution < 1.29 is 19.1 Å². The molecule has 1 aliphatic heterocycles. The van der Waals surface area contributed by atoms with Gasteiger partial charge in [-0.2, -0.15) is 5.10 Å². The Morgan fingerprint density at radius 1 is 1.19 bits per heavy atom. The molecule has 120 valence electrons. The highest BCUT2D eigenvalue weighted by Gasteiger charge is 2.25. The van der Waals surface area contributed by atoms with Gasteiger partial charge in [-0.15, -0.1) is 0 Å². The normalized spacial score (nSPS) is 17.1. The predicted octanol–water partition coefficient (Wildman–Crippen LogP) is 2.19. The maximum absolute atomic E-state index is 11.3. The van der Waals surface area contributed by atoms with Crippen LogP contribution < -0.4 is 5.43 Å². The first kappa shape index (κ1) is 19.1. The molecule has 0 aliphatic carbocycles. The van der Waals surface area contributed by atoms with Crippen molar-refractivity contribution in [2.24, 2.45) is 5.10 Å². The third-order valence-corrected chi connectivity index (χ3v) is 1.93. The number of nitrogens with zero attached hydrogens (tertiary/aromatic N) is 1. The highest BCUT2D eigenvalue weighted by atomic mass is 16.6. The quantitative estimate of drug-likeness (QED) is 0.624. The molecule has 1 atom stereocenters. The average molecular weight is 298 g/mol. The van der Waals surface area contributed by atoms with Crippen LogP contribution in [0.2, 0.25) is 0 Å². The minimum absolute atomic E-state index is 0.236. The minimum Gasteiger partial charge on any atom is -0.458 e. The maximum Gasteiger partial charge on any atom is 0.331 e. The van der Waals surface area contributed by atoms with E-state index in [4.69, 9.17) is 9.47 Å². The number of hydrazone groups is 1. The van der Waals surface area contributed by atoms with E-state index in [0.29, 0.717) is 6.42 Å². The maximum atomic E-state index is 11.3. The largest absolute Gasteiger partial charge is 0.458 e. The van der Waals surface area contributed by atoms with Crippen LogP contribution in [-0.4, -0.2) is 35.4 Å². The lowest BCUT2D eigenvalue weighted by Gasteiger charge is -2.21. The SMILES string of the molecule is C=CC(=O)OC(C)(C)C.CC(C)(C)OC(=O)C1CC=NN1. The fourth-order valence-electron chi connectivity index (χ4n) is 1.22. The van der Waals surface area contributed by atoms with E-state index in [9.17, 15) is 9.59 Å². The molecule has 0 amide bonds. The molecule has 1 aliphatic rings. The van der Waals surface area contributed by atoms with Crippen LogP contribution in [0.15, 0.2) is 17.8 Å². The van der Waals surface area contributed by atoms with Crippen molar-refractivity contribution in [1.82, 2.24) is 5.43 Å². The summed E-state index contributed by atoms with van der Waals surface area (Å²) in [5.74, 6) is -0.609. The Labute approximate surface area is 126 Å². The van der Waals surface area contributed by atoms with Gasteiger partial charge in [0.1, 0.15) is 17.2 Å². The van der Waals surface area contributed by atoms with E-state index >= 15 is 0 Å². The van der Waals surface area contributed by atoms with Crippen molar-refractivity contribution in [3.8, 4) is 0 Å². The van der Waals surface area contributed by atoms with E-state index in [0.717, 1.165) is 6.08 Å².